The van der Waals surface area contributed by atoms with Gasteiger partial charge in [0.15, 0.2) is 5.82 Å². The van der Waals surface area contributed by atoms with Gasteiger partial charge in [0.05, 0.1) is 5.25 Å². The number of aromatic nitrogens is 3. The molecule has 0 unspecified atom stereocenters. The second-order valence-electron chi connectivity index (χ2n) is 7.97. The zero-order valence-corrected chi connectivity index (χ0v) is 18.4. The number of thioether (sulfide) groups is 1. The average Bonchev–Trinajstić information content (AvgIpc) is 3.09. The number of anilines is 1. The van der Waals surface area contributed by atoms with Crippen LogP contribution in [0.15, 0.2) is 59.8 Å². The van der Waals surface area contributed by atoms with Crippen molar-refractivity contribution in [3.8, 4) is 5.75 Å². The summed E-state index contributed by atoms with van der Waals surface area (Å²) in [6, 6.07) is 17.3. The lowest BCUT2D eigenvalue weighted by atomic mass is 9.96. The van der Waals surface area contributed by atoms with Crippen molar-refractivity contribution in [2.75, 3.05) is 11.2 Å². The number of benzene rings is 2. The topological polar surface area (TPSA) is 95.1 Å². The molecule has 158 valence electrons. The molecule has 3 rings (SSSR count). The third kappa shape index (κ3) is 5.54. The molecule has 0 aliphatic carbocycles. The van der Waals surface area contributed by atoms with Gasteiger partial charge in [-0.3, -0.25) is 4.79 Å². The fourth-order valence-corrected chi connectivity index (χ4v) is 3.47. The van der Waals surface area contributed by atoms with Gasteiger partial charge in [-0.05, 0) is 36.8 Å². The maximum absolute atomic E-state index is 12.6. The van der Waals surface area contributed by atoms with Crippen LogP contribution in [-0.2, 0) is 16.8 Å². The molecule has 1 atom stereocenters. The van der Waals surface area contributed by atoms with Crippen molar-refractivity contribution in [1.82, 2.24) is 14.9 Å². The molecular formula is C22H27N5O2S. The third-order valence-corrected chi connectivity index (χ3v) is 5.41. The minimum Gasteiger partial charge on any atom is -0.489 e. The molecule has 2 aromatic carbocycles. The van der Waals surface area contributed by atoms with Crippen molar-refractivity contribution in [1.29, 1.82) is 0 Å². The number of rotatable bonds is 7. The molecule has 0 fully saturated rings. The van der Waals surface area contributed by atoms with Crippen LogP contribution in [0.5, 0.6) is 5.75 Å². The van der Waals surface area contributed by atoms with E-state index in [1.165, 1.54) is 16.4 Å². The van der Waals surface area contributed by atoms with E-state index in [4.69, 9.17) is 10.6 Å². The minimum atomic E-state index is -0.390. The van der Waals surface area contributed by atoms with Crippen LogP contribution in [0.25, 0.3) is 0 Å². The van der Waals surface area contributed by atoms with E-state index in [2.05, 4.69) is 15.5 Å². The molecule has 0 radical (unpaired) electrons. The van der Waals surface area contributed by atoms with Crippen molar-refractivity contribution in [2.24, 2.45) is 0 Å². The quantitative estimate of drug-likeness (QED) is 0.439. The van der Waals surface area contributed by atoms with E-state index in [-0.39, 0.29) is 11.3 Å². The van der Waals surface area contributed by atoms with E-state index in [1.807, 2.05) is 82.3 Å². The summed E-state index contributed by atoms with van der Waals surface area (Å²) in [5.74, 6) is 7.37. The van der Waals surface area contributed by atoms with Crippen LogP contribution in [0.4, 0.5) is 5.69 Å². The van der Waals surface area contributed by atoms with Gasteiger partial charge in [-0.1, -0.05) is 62.9 Å². The number of amides is 1. The Bertz CT molecular complexity index is 981. The molecule has 0 aliphatic rings. The van der Waals surface area contributed by atoms with Crippen LogP contribution in [0, 0.1) is 0 Å². The summed E-state index contributed by atoms with van der Waals surface area (Å²) in [7, 11) is 0. The molecule has 1 amide bonds. The zero-order valence-electron chi connectivity index (χ0n) is 17.6. The Labute approximate surface area is 181 Å². The molecule has 0 bridgehead atoms. The number of hydrogen-bond donors (Lipinski definition) is 2. The highest BCUT2D eigenvalue weighted by Gasteiger charge is 2.25. The predicted octanol–water partition coefficient (Wildman–Crippen LogP) is 3.99. The Morgan fingerprint density at radius 2 is 1.80 bits per heavy atom. The lowest BCUT2D eigenvalue weighted by Crippen LogP contribution is -2.26. The standard InChI is InChI=1S/C22H27N5O2S/c1-15(30-21-26-25-20(27(21)23)22(2,3)4)19(28)24-17-10-12-18(13-11-17)29-14-16-8-6-5-7-9-16/h5-13,15H,14,23H2,1-4H3,(H,24,28)/t15-/m1/s1. The molecule has 0 spiro atoms. The van der Waals surface area contributed by atoms with E-state index in [0.717, 1.165) is 11.3 Å². The van der Waals surface area contributed by atoms with Crippen LogP contribution in [0.3, 0.4) is 0 Å². The fourth-order valence-electron chi connectivity index (χ4n) is 2.70. The molecule has 3 aromatic rings. The van der Waals surface area contributed by atoms with Gasteiger partial charge in [0.25, 0.3) is 0 Å². The SMILES string of the molecule is C[C@@H](Sc1nnc(C(C)(C)C)n1N)C(=O)Nc1ccc(OCc2ccccc2)cc1. The van der Waals surface area contributed by atoms with Gasteiger partial charge in [0.2, 0.25) is 11.1 Å². The van der Waals surface area contributed by atoms with Gasteiger partial charge in [-0.25, -0.2) is 4.68 Å². The Morgan fingerprint density at radius 3 is 2.40 bits per heavy atom. The number of hydrogen-bond acceptors (Lipinski definition) is 6. The minimum absolute atomic E-state index is 0.140. The summed E-state index contributed by atoms with van der Waals surface area (Å²) in [6.07, 6.45) is 0. The second kappa shape index (κ2) is 9.21. The molecule has 0 saturated heterocycles. The summed E-state index contributed by atoms with van der Waals surface area (Å²) in [5.41, 5.74) is 1.57. The first-order valence-corrected chi connectivity index (χ1v) is 10.6. The summed E-state index contributed by atoms with van der Waals surface area (Å²) >= 11 is 1.27. The lowest BCUT2D eigenvalue weighted by Gasteiger charge is -2.17. The average molecular weight is 426 g/mol. The van der Waals surface area contributed by atoms with E-state index >= 15 is 0 Å². The van der Waals surface area contributed by atoms with Gasteiger partial charge in [-0.15, -0.1) is 10.2 Å². The Hall–Kier alpha value is -3.00. The number of nitrogens with zero attached hydrogens (tertiary/aromatic N) is 3. The Balaban J connectivity index is 1.54. The zero-order chi connectivity index (χ0) is 21.7. The molecule has 3 N–H and O–H groups in total. The summed E-state index contributed by atoms with van der Waals surface area (Å²) in [4.78, 5) is 12.6. The Kier molecular flexibility index (Phi) is 6.66. The first-order chi connectivity index (χ1) is 14.2. The van der Waals surface area contributed by atoms with Crippen LogP contribution < -0.4 is 15.9 Å². The van der Waals surface area contributed by atoms with E-state index in [1.54, 1.807) is 0 Å². The van der Waals surface area contributed by atoms with Crippen molar-refractivity contribution < 1.29 is 9.53 Å². The van der Waals surface area contributed by atoms with Crippen molar-refractivity contribution in [3.63, 3.8) is 0 Å². The number of carbonyl (C=O) groups is 1. The van der Waals surface area contributed by atoms with Crippen molar-refractivity contribution in [2.45, 2.75) is 50.1 Å². The van der Waals surface area contributed by atoms with E-state index < -0.39 is 5.25 Å². The molecule has 0 saturated carbocycles. The molecule has 0 aliphatic heterocycles. The number of carbonyl (C=O) groups excluding carboxylic acids is 1. The van der Waals surface area contributed by atoms with Crippen LogP contribution in [-0.4, -0.2) is 26.0 Å². The molecule has 8 heteroatoms. The van der Waals surface area contributed by atoms with Gasteiger partial charge < -0.3 is 15.9 Å². The van der Waals surface area contributed by atoms with Gasteiger partial charge in [-0.2, -0.15) is 0 Å². The van der Waals surface area contributed by atoms with Gasteiger partial charge in [0.1, 0.15) is 12.4 Å². The van der Waals surface area contributed by atoms with E-state index in [0.29, 0.717) is 23.3 Å². The van der Waals surface area contributed by atoms with Crippen LogP contribution in [0.1, 0.15) is 39.1 Å². The smallest absolute Gasteiger partial charge is 0.237 e. The number of nitrogens with one attached hydrogen (secondary N) is 1. The normalized spacial score (nSPS) is 12.4. The maximum atomic E-state index is 12.6. The molecule has 1 heterocycles. The van der Waals surface area contributed by atoms with E-state index in [9.17, 15) is 4.79 Å². The monoisotopic (exact) mass is 425 g/mol. The van der Waals surface area contributed by atoms with Crippen molar-refractivity contribution in [3.05, 3.63) is 66.0 Å². The number of nitrogens with two attached hydrogens (primary N) is 1. The second-order valence-corrected chi connectivity index (χ2v) is 9.28. The molecular weight excluding hydrogens is 398 g/mol. The van der Waals surface area contributed by atoms with Crippen molar-refractivity contribution >= 4 is 23.4 Å². The molecule has 30 heavy (non-hydrogen) atoms. The van der Waals surface area contributed by atoms with Gasteiger partial charge in [0, 0.05) is 11.1 Å². The Morgan fingerprint density at radius 1 is 1.13 bits per heavy atom. The predicted molar refractivity (Wildman–Crippen MR) is 120 cm³/mol. The maximum Gasteiger partial charge on any atom is 0.237 e. The molecule has 7 nitrogen and oxygen atoms in total. The summed E-state index contributed by atoms with van der Waals surface area (Å²) in [6.45, 7) is 8.34. The fraction of sp³-hybridized carbons (Fsp3) is 0.318. The lowest BCUT2D eigenvalue weighted by molar-refractivity contribution is -0.115. The highest BCUT2D eigenvalue weighted by molar-refractivity contribution is 8.00. The van der Waals surface area contributed by atoms with Gasteiger partial charge >= 0.3 is 0 Å². The third-order valence-electron chi connectivity index (χ3n) is 4.36. The first kappa shape index (κ1) is 21.7. The highest BCUT2D eigenvalue weighted by atomic mass is 32.2. The summed E-state index contributed by atoms with van der Waals surface area (Å²) < 4.78 is 7.22. The largest absolute Gasteiger partial charge is 0.489 e. The summed E-state index contributed by atoms with van der Waals surface area (Å²) in [5, 5.41) is 11.3. The van der Waals surface area contributed by atoms with Crippen LogP contribution >= 0.6 is 11.8 Å². The molecule has 1 aromatic heterocycles. The number of nitrogen functional groups attached to an aromatic ring is 1. The number of ether oxygens (including phenoxy) is 1. The van der Waals surface area contributed by atoms with Crippen LogP contribution in [0.2, 0.25) is 0 Å². The first-order valence-electron chi connectivity index (χ1n) is 9.69. The highest BCUT2D eigenvalue weighted by Crippen LogP contribution is 2.26.